The molecule has 1 aromatic carbocycles. The van der Waals surface area contributed by atoms with Gasteiger partial charge in [-0.1, -0.05) is 6.42 Å². The van der Waals surface area contributed by atoms with Gasteiger partial charge in [0.2, 0.25) is 5.91 Å². The summed E-state index contributed by atoms with van der Waals surface area (Å²) in [7, 11) is 1.78. The van der Waals surface area contributed by atoms with Crippen molar-refractivity contribution in [2.75, 3.05) is 26.7 Å². The van der Waals surface area contributed by atoms with E-state index < -0.39 is 0 Å². The minimum absolute atomic E-state index is 0.0600. The third-order valence-electron chi connectivity index (χ3n) is 8.69. The molecule has 0 unspecified atom stereocenters. The predicted molar refractivity (Wildman–Crippen MR) is 136 cm³/mol. The molecular weight excluding hydrogens is 443 g/mol. The van der Waals surface area contributed by atoms with Gasteiger partial charge >= 0.3 is 0 Å². The lowest BCUT2D eigenvalue weighted by atomic mass is 9.83. The van der Waals surface area contributed by atoms with Gasteiger partial charge in [-0.3, -0.25) is 9.59 Å². The van der Waals surface area contributed by atoms with Crippen molar-refractivity contribution < 1.29 is 18.7 Å². The topological polar surface area (TPSA) is 58.6 Å². The Hall–Kier alpha value is -1.79. The Morgan fingerprint density at radius 2 is 1.69 bits per heavy atom. The van der Waals surface area contributed by atoms with E-state index in [4.69, 9.17) is 4.74 Å². The number of piperidine rings is 1. The normalized spacial score (nSPS) is 28.5. The summed E-state index contributed by atoms with van der Waals surface area (Å²) in [6.07, 6.45) is 13.0. The van der Waals surface area contributed by atoms with Crippen LogP contribution in [0.25, 0.3) is 0 Å². The molecule has 1 aromatic rings. The largest absolute Gasteiger partial charge is 0.381 e. The van der Waals surface area contributed by atoms with Crippen molar-refractivity contribution in [3.63, 3.8) is 0 Å². The lowest BCUT2D eigenvalue weighted by Crippen LogP contribution is -2.40. The predicted octanol–water partition coefficient (Wildman–Crippen LogP) is 5.38. The molecule has 0 spiro atoms. The average molecular weight is 487 g/mol. The number of nitrogens with one attached hydrogen (secondary N) is 1. The Kier molecular flexibility index (Phi) is 9.73. The van der Waals surface area contributed by atoms with E-state index >= 15 is 0 Å². The average Bonchev–Trinajstić information content (AvgIpc) is 2.88. The second kappa shape index (κ2) is 13.0. The molecule has 4 rings (SSSR count). The summed E-state index contributed by atoms with van der Waals surface area (Å²) in [5.74, 6) is 1.36. The highest BCUT2D eigenvalue weighted by molar-refractivity contribution is 5.97. The number of nitrogens with zero attached hydrogens (tertiary/aromatic N) is 1. The highest BCUT2D eigenvalue weighted by Gasteiger charge is 2.28. The molecule has 1 aliphatic heterocycles. The quantitative estimate of drug-likeness (QED) is 0.476. The fraction of sp³-hybridized carbons (Fsp3) is 0.724. The van der Waals surface area contributed by atoms with Gasteiger partial charge < -0.3 is 15.0 Å². The zero-order valence-electron chi connectivity index (χ0n) is 21.4. The van der Waals surface area contributed by atoms with Crippen molar-refractivity contribution >= 4 is 11.7 Å². The van der Waals surface area contributed by atoms with E-state index in [0.717, 1.165) is 70.5 Å². The van der Waals surface area contributed by atoms with Gasteiger partial charge in [-0.25, -0.2) is 4.39 Å². The van der Waals surface area contributed by atoms with Crippen LogP contribution < -0.4 is 5.32 Å². The number of halogens is 1. The van der Waals surface area contributed by atoms with Gasteiger partial charge in [0.1, 0.15) is 5.82 Å². The fourth-order valence-electron chi connectivity index (χ4n) is 6.42. The van der Waals surface area contributed by atoms with Crippen LogP contribution in [0.2, 0.25) is 0 Å². The second-order valence-electron chi connectivity index (χ2n) is 11.2. The maximum Gasteiger partial charge on any atom is 0.220 e. The Bertz CT molecular complexity index is 814. The number of hydrogen-bond acceptors (Lipinski definition) is 4. The van der Waals surface area contributed by atoms with Crippen LogP contribution in [0.4, 0.5) is 4.39 Å². The van der Waals surface area contributed by atoms with E-state index in [1.807, 2.05) is 0 Å². The van der Waals surface area contributed by atoms with E-state index in [1.54, 1.807) is 19.2 Å². The molecule has 194 valence electrons. The maximum absolute atomic E-state index is 13.1. The van der Waals surface area contributed by atoms with E-state index in [0.29, 0.717) is 30.0 Å². The Morgan fingerprint density at radius 3 is 2.37 bits per heavy atom. The van der Waals surface area contributed by atoms with Crippen LogP contribution in [0.3, 0.4) is 0 Å². The van der Waals surface area contributed by atoms with Crippen LogP contribution in [-0.2, 0) is 9.53 Å². The highest BCUT2D eigenvalue weighted by atomic mass is 19.1. The molecule has 1 amide bonds. The summed E-state index contributed by atoms with van der Waals surface area (Å²) in [6.45, 7) is 3.03. The van der Waals surface area contributed by atoms with Gasteiger partial charge in [-0.2, -0.15) is 0 Å². The van der Waals surface area contributed by atoms with Gasteiger partial charge in [-0.15, -0.1) is 0 Å². The molecule has 3 fully saturated rings. The second-order valence-corrected chi connectivity index (χ2v) is 11.2. The van der Waals surface area contributed by atoms with Gasteiger partial charge in [0.15, 0.2) is 5.78 Å². The van der Waals surface area contributed by atoms with Crippen LogP contribution in [0.1, 0.15) is 87.4 Å². The van der Waals surface area contributed by atoms with Crippen molar-refractivity contribution in [3.05, 3.63) is 35.6 Å². The molecule has 2 atom stereocenters. The van der Waals surface area contributed by atoms with Crippen LogP contribution >= 0.6 is 0 Å². The monoisotopic (exact) mass is 486 g/mol. The number of Topliss-reactive ketones (excluding diaryl/α,β-unsaturated/α-hetero) is 1. The molecule has 1 N–H and O–H groups in total. The molecular formula is C29H43FN2O3. The van der Waals surface area contributed by atoms with Crippen molar-refractivity contribution in [2.24, 2.45) is 17.8 Å². The van der Waals surface area contributed by atoms with Gasteiger partial charge in [-0.05, 0) is 120 Å². The van der Waals surface area contributed by atoms with Crippen LogP contribution in [0.5, 0.6) is 0 Å². The third-order valence-corrected chi connectivity index (χ3v) is 8.69. The smallest absolute Gasteiger partial charge is 0.220 e. The molecule has 0 aromatic heterocycles. The number of likely N-dealkylation sites (tertiary alicyclic amines) is 1. The lowest BCUT2D eigenvalue weighted by Gasteiger charge is -2.34. The van der Waals surface area contributed by atoms with Crippen molar-refractivity contribution in [2.45, 2.75) is 89.2 Å². The van der Waals surface area contributed by atoms with E-state index in [-0.39, 0.29) is 23.4 Å². The summed E-state index contributed by atoms with van der Waals surface area (Å²) >= 11 is 0. The van der Waals surface area contributed by atoms with Crippen molar-refractivity contribution in [1.29, 1.82) is 0 Å². The number of ketones is 1. The maximum atomic E-state index is 13.1. The molecule has 0 radical (unpaired) electrons. The zero-order valence-corrected chi connectivity index (χ0v) is 21.4. The first-order valence-electron chi connectivity index (χ1n) is 13.8. The standard InChI is InChI=1S/C29H43FN2O3/c1-35-27-4-2-3-22(19-27)20-28(33)31-26-11-5-21(6-12-26)13-16-32-17-14-24(15-18-32)29(34)23-7-9-25(30)10-8-23/h7-10,21-22,24,26-27H,2-6,11-20H2,1H3,(H,31,33)/t21?,22-,26?,27-/m0/s1. The van der Waals surface area contributed by atoms with Gasteiger partial charge in [0, 0.05) is 31.1 Å². The Balaban J connectivity index is 1.09. The Labute approximate surface area is 210 Å². The van der Waals surface area contributed by atoms with Crippen LogP contribution in [0, 0.1) is 23.6 Å². The summed E-state index contributed by atoms with van der Waals surface area (Å²) in [6, 6.07) is 6.30. The molecule has 35 heavy (non-hydrogen) atoms. The van der Waals surface area contributed by atoms with E-state index in [2.05, 4.69) is 10.2 Å². The van der Waals surface area contributed by atoms with Crippen molar-refractivity contribution in [1.82, 2.24) is 10.2 Å². The molecule has 2 aliphatic carbocycles. The first-order chi connectivity index (χ1) is 17.0. The van der Waals surface area contributed by atoms with Gasteiger partial charge in [0.05, 0.1) is 6.10 Å². The molecule has 3 aliphatic rings. The molecule has 6 heteroatoms. The first-order valence-corrected chi connectivity index (χ1v) is 13.8. The molecule has 1 heterocycles. The minimum Gasteiger partial charge on any atom is -0.381 e. The number of methoxy groups -OCH3 is 1. The van der Waals surface area contributed by atoms with Crippen LogP contribution in [0.15, 0.2) is 24.3 Å². The number of ether oxygens (including phenoxy) is 1. The van der Waals surface area contributed by atoms with Crippen LogP contribution in [-0.4, -0.2) is 55.5 Å². The number of hydrogen-bond donors (Lipinski definition) is 1. The number of benzene rings is 1. The summed E-state index contributed by atoms with van der Waals surface area (Å²) in [4.78, 5) is 27.8. The molecule has 1 saturated heterocycles. The molecule has 0 bridgehead atoms. The van der Waals surface area contributed by atoms with Crippen molar-refractivity contribution in [3.8, 4) is 0 Å². The van der Waals surface area contributed by atoms with E-state index in [9.17, 15) is 14.0 Å². The van der Waals surface area contributed by atoms with E-state index in [1.165, 1.54) is 37.8 Å². The Morgan fingerprint density at radius 1 is 0.971 bits per heavy atom. The summed E-state index contributed by atoms with van der Waals surface area (Å²) in [5.41, 5.74) is 0.631. The zero-order chi connectivity index (χ0) is 24.6. The number of rotatable bonds is 9. The first kappa shape index (κ1) is 26.3. The SMILES string of the molecule is CO[C@H]1CCC[C@H](CC(=O)NC2CCC(CCN3CCC(C(=O)c4ccc(F)cc4)CC3)CC2)C1. The third kappa shape index (κ3) is 7.85. The molecule has 2 saturated carbocycles. The lowest BCUT2D eigenvalue weighted by molar-refractivity contribution is -0.123. The fourth-order valence-corrected chi connectivity index (χ4v) is 6.42. The molecule has 5 nitrogen and oxygen atoms in total. The summed E-state index contributed by atoms with van der Waals surface area (Å²) < 4.78 is 18.6. The summed E-state index contributed by atoms with van der Waals surface area (Å²) in [5, 5.41) is 3.31. The number of carbonyl (C=O) groups is 2. The number of amides is 1. The highest BCUT2D eigenvalue weighted by Crippen LogP contribution is 2.30. The number of carbonyl (C=O) groups excluding carboxylic acids is 2. The minimum atomic E-state index is -0.298. The van der Waals surface area contributed by atoms with Gasteiger partial charge in [0.25, 0.3) is 0 Å².